The summed E-state index contributed by atoms with van der Waals surface area (Å²) in [5, 5.41) is 6.14. The van der Waals surface area contributed by atoms with Crippen molar-refractivity contribution in [3.63, 3.8) is 0 Å². The molecule has 0 heterocycles. The zero-order valence-electron chi connectivity index (χ0n) is 39.8. The average Bonchev–Trinajstić information content (AvgIpc) is 3.52. The van der Waals surface area contributed by atoms with Gasteiger partial charge in [0.2, 0.25) is 0 Å². The van der Waals surface area contributed by atoms with Crippen molar-refractivity contribution >= 4 is 23.5 Å². The highest BCUT2D eigenvalue weighted by molar-refractivity contribution is 6.21. The Morgan fingerprint density at radius 3 is 1.45 bits per heavy atom. The van der Waals surface area contributed by atoms with Gasteiger partial charge in [0.15, 0.2) is 11.6 Å². The standard InChI is InChI=1S/C51H95N3O6/c1-5-8-11-14-17-26-33-43-59-48(57)37-29-22-18-24-31-40-54(42-34-39-53-51-47(56)44-46(55)50(51)52-4)41-32-25-19-23-30-38-49(58)60-45(35-27-20-15-12-9-6-2)36-28-21-16-13-10-7-3/h45,52-53H,5-44H2,1-4H3. The lowest BCUT2D eigenvalue weighted by Crippen LogP contribution is -2.30. The molecule has 1 aliphatic rings. The Bertz CT molecular complexity index is 1090. The van der Waals surface area contributed by atoms with Crippen molar-refractivity contribution in [3.05, 3.63) is 11.4 Å². The van der Waals surface area contributed by atoms with Gasteiger partial charge in [0, 0.05) is 26.4 Å². The van der Waals surface area contributed by atoms with Crippen molar-refractivity contribution in [2.75, 3.05) is 39.8 Å². The zero-order valence-corrected chi connectivity index (χ0v) is 39.8. The van der Waals surface area contributed by atoms with Crippen LogP contribution in [0.15, 0.2) is 11.4 Å². The number of esters is 2. The van der Waals surface area contributed by atoms with E-state index < -0.39 is 0 Å². The van der Waals surface area contributed by atoms with Crippen LogP contribution in [0.25, 0.3) is 0 Å². The summed E-state index contributed by atoms with van der Waals surface area (Å²) in [6.07, 6.45) is 38.5. The molecule has 0 aromatic rings. The van der Waals surface area contributed by atoms with Gasteiger partial charge in [-0.1, -0.05) is 162 Å². The summed E-state index contributed by atoms with van der Waals surface area (Å²) in [5.41, 5.74) is 0.846. The van der Waals surface area contributed by atoms with E-state index in [2.05, 4.69) is 36.3 Å². The summed E-state index contributed by atoms with van der Waals surface area (Å²) in [6.45, 7) is 11.0. The van der Waals surface area contributed by atoms with E-state index in [1.807, 2.05) is 0 Å². The first-order valence-electron chi connectivity index (χ1n) is 25.7. The van der Waals surface area contributed by atoms with Crippen LogP contribution >= 0.6 is 0 Å². The number of ketones is 2. The van der Waals surface area contributed by atoms with Crippen LogP contribution in [-0.4, -0.2) is 74.3 Å². The van der Waals surface area contributed by atoms with Gasteiger partial charge in [-0.05, 0) is 83.8 Å². The highest BCUT2D eigenvalue weighted by Gasteiger charge is 2.29. The lowest BCUT2D eigenvalue weighted by molar-refractivity contribution is -0.150. The second kappa shape index (κ2) is 40.6. The van der Waals surface area contributed by atoms with E-state index in [0.717, 1.165) is 116 Å². The predicted octanol–water partition coefficient (Wildman–Crippen LogP) is 12.6. The SMILES string of the molecule is CCCCCCCCCOC(=O)CCCCCCCN(CCCCCCCC(=O)OC(CCCCCCCC)CCCCCCCC)CCCNC1=C(NC)C(=O)CC1=O. The molecule has 0 aromatic carbocycles. The number of nitrogens with one attached hydrogen (secondary N) is 2. The Kier molecular flexibility index (Phi) is 37.7. The lowest BCUT2D eigenvalue weighted by Gasteiger charge is -2.23. The van der Waals surface area contributed by atoms with Gasteiger partial charge in [-0.25, -0.2) is 0 Å². The Labute approximate surface area is 369 Å². The van der Waals surface area contributed by atoms with E-state index in [-0.39, 0.29) is 36.0 Å². The van der Waals surface area contributed by atoms with E-state index >= 15 is 0 Å². The molecule has 9 nitrogen and oxygen atoms in total. The minimum atomic E-state index is -0.139. The number of hydrogen-bond acceptors (Lipinski definition) is 9. The maximum Gasteiger partial charge on any atom is 0.306 e. The van der Waals surface area contributed by atoms with Gasteiger partial charge in [-0.15, -0.1) is 0 Å². The quantitative estimate of drug-likeness (QED) is 0.0351. The van der Waals surface area contributed by atoms with Crippen molar-refractivity contribution in [2.45, 2.75) is 252 Å². The van der Waals surface area contributed by atoms with E-state index in [1.165, 1.54) is 109 Å². The number of likely N-dealkylation sites (N-methyl/N-ethyl adjacent to an activating group) is 1. The summed E-state index contributed by atoms with van der Waals surface area (Å²) < 4.78 is 11.5. The molecule has 0 bridgehead atoms. The molecule has 0 fully saturated rings. The number of carbonyl (C=O) groups is 4. The van der Waals surface area contributed by atoms with Gasteiger partial charge in [0.05, 0.1) is 13.0 Å². The minimum absolute atomic E-state index is 0.00300. The van der Waals surface area contributed by atoms with Gasteiger partial charge in [0.25, 0.3) is 0 Å². The van der Waals surface area contributed by atoms with E-state index in [0.29, 0.717) is 37.4 Å². The molecule has 0 saturated heterocycles. The van der Waals surface area contributed by atoms with Gasteiger partial charge >= 0.3 is 11.9 Å². The molecule has 0 aliphatic heterocycles. The highest BCUT2D eigenvalue weighted by Crippen LogP contribution is 2.19. The first-order valence-corrected chi connectivity index (χ1v) is 25.7. The molecule has 0 unspecified atom stereocenters. The zero-order chi connectivity index (χ0) is 43.7. The molecule has 0 saturated carbocycles. The third-order valence-electron chi connectivity index (χ3n) is 12.1. The number of rotatable bonds is 45. The van der Waals surface area contributed by atoms with Crippen molar-refractivity contribution in [2.24, 2.45) is 0 Å². The van der Waals surface area contributed by atoms with Crippen LogP contribution in [0, 0.1) is 0 Å². The second-order valence-corrected chi connectivity index (χ2v) is 17.7. The Hall–Kier alpha value is -2.42. The fraction of sp³-hybridized carbons (Fsp3) is 0.882. The van der Waals surface area contributed by atoms with Gasteiger partial charge < -0.3 is 25.0 Å². The first kappa shape index (κ1) is 55.6. The van der Waals surface area contributed by atoms with Crippen LogP contribution in [-0.2, 0) is 28.7 Å². The lowest BCUT2D eigenvalue weighted by atomic mass is 10.0. The maximum atomic E-state index is 12.9. The number of ether oxygens (including phenoxy) is 2. The van der Waals surface area contributed by atoms with E-state index in [9.17, 15) is 19.2 Å². The van der Waals surface area contributed by atoms with Crippen molar-refractivity contribution in [1.29, 1.82) is 0 Å². The molecule has 9 heteroatoms. The molecule has 350 valence electrons. The Morgan fingerprint density at radius 2 is 0.933 bits per heavy atom. The number of carbonyl (C=O) groups excluding carboxylic acids is 4. The van der Waals surface area contributed by atoms with Crippen LogP contribution < -0.4 is 10.6 Å². The summed E-state index contributed by atoms with van der Waals surface area (Å²) in [6, 6.07) is 0. The van der Waals surface area contributed by atoms with Crippen LogP contribution in [0.5, 0.6) is 0 Å². The van der Waals surface area contributed by atoms with Crippen LogP contribution in [0.4, 0.5) is 0 Å². The molecular weight excluding hydrogens is 751 g/mol. The highest BCUT2D eigenvalue weighted by atomic mass is 16.5. The van der Waals surface area contributed by atoms with Gasteiger partial charge in [-0.3, -0.25) is 19.2 Å². The largest absolute Gasteiger partial charge is 0.466 e. The number of nitrogens with zero attached hydrogens (tertiary/aromatic N) is 1. The van der Waals surface area contributed by atoms with Crippen molar-refractivity contribution in [1.82, 2.24) is 15.5 Å². The fourth-order valence-corrected chi connectivity index (χ4v) is 8.30. The van der Waals surface area contributed by atoms with Gasteiger partial charge in [-0.2, -0.15) is 0 Å². The molecule has 1 rings (SSSR count). The smallest absolute Gasteiger partial charge is 0.306 e. The van der Waals surface area contributed by atoms with E-state index in [1.54, 1.807) is 7.05 Å². The summed E-state index contributed by atoms with van der Waals surface area (Å²) in [5.74, 6) is -0.317. The maximum absolute atomic E-state index is 12.9. The Balaban J connectivity index is 2.39. The number of unbranched alkanes of at least 4 members (excludes halogenated alkanes) is 24. The molecule has 0 radical (unpaired) electrons. The summed E-state index contributed by atoms with van der Waals surface area (Å²) in [7, 11) is 1.69. The first-order chi connectivity index (χ1) is 29.4. The number of hydrogen-bond donors (Lipinski definition) is 2. The molecule has 0 amide bonds. The molecule has 2 N–H and O–H groups in total. The predicted molar refractivity (Wildman–Crippen MR) is 250 cm³/mol. The summed E-state index contributed by atoms with van der Waals surface area (Å²) >= 11 is 0. The third-order valence-corrected chi connectivity index (χ3v) is 12.1. The number of Topliss-reactive ketones (excluding diaryl/α,β-unsaturated/α-hetero) is 2. The second-order valence-electron chi connectivity index (χ2n) is 17.7. The van der Waals surface area contributed by atoms with Crippen LogP contribution in [0.1, 0.15) is 245 Å². The average molecular weight is 846 g/mol. The topological polar surface area (TPSA) is 114 Å². The van der Waals surface area contributed by atoms with Crippen LogP contribution in [0.3, 0.4) is 0 Å². The van der Waals surface area contributed by atoms with E-state index in [4.69, 9.17) is 9.47 Å². The van der Waals surface area contributed by atoms with Crippen molar-refractivity contribution in [3.8, 4) is 0 Å². The minimum Gasteiger partial charge on any atom is -0.466 e. The number of allylic oxidation sites excluding steroid dienone is 2. The molecule has 60 heavy (non-hydrogen) atoms. The molecule has 1 aliphatic carbocycles. The molecule has 0 aromatic heterocycles. The third kappa shape index (κ3) is 31.4. The van der Waals surface area contributed by atoms with Crippen molar-refractivity contribution < 1.29 is 28.7 Å². The fourth-order valence-electron chi connectivity index (χ4n) is 8.30. The Morgan fingerprint density at radius 1 is 0.517 bits per heavy atom. The van der Waals surface area contributed by atoms with Crippen LogP contribution in [0.2, 0.25) is 0 Å². The monoisotopic (exact) mass is 846 g/mol. The molecular formula is C51H95N3O6. The molecule has 0 atom stereocenters. The molecule has 0 spiro atoms. The summed E-state index contributed by atoms with van der Waals surface area (Å²) in [4.78, 5) is 52.0. The van der Waals surface area contributed by atoms with Gasteiger partial charge in [0.1, 0.15) is 17.5 Å². The normalized spacial score (nSPS) is 13.0.